The number of halogens is 3. The fourth-order valence-corrected chi connectivity index (χ4v) is 1.47. The van der Waals surface area contributed by atoms with Gasteiger partial charge in [0.05, 0.1) is 16.6 Å². The zero-order valence-electron chi connectivity index (χ0n) is 7.47. The van der Waals surface area contributed by atoms with E-state index in [9.17, 15) is 13.6 Å². The smallest absolute Gasteiger partial charge is 0.357 e. The molecular weight excluding hydrogens is 274 g/mol. The van der Waals surface area contributed by atoms with E-state index in [0.717, 1.165) is 0 Å². The van der Waals surface area contributed by atoms with Crippen LogP contribution in [-0.4, -0.2) is 28.7 Å². The molecule has 1 aromatic rings. The molecular formula is C8H7BrF2N2O2. The van der Waals surface area contributed by atoms with Crippen LogP contribution in [-0.2, 0) is 4.74 Å². The van der Waals surface area contributed by atoms with Gasteiger partial charge in [-0.25, -0.2) is 13.6 Å². The number of hydrogen-bond donors (Lipinski definition) is 1. The zero-order chi connectivity index (χ0) is 11.1. The molecule has 1 aliphatic carbocycles. The molecule has 1 unspecified atom stereocenters. The van der Waals surface area contributed by atoms with Crippen molar-refractivity contribution in [1.82, 2.24) is 10.2 Å². The topological polar surface area (TPSA) is 55.0 Å². The number of aromatic amines is 1. The number of carbonyl (C=O) groups is 1. The maximum absolute atomic E-state index is 12.4. The van der Waals surface area contributed by atoms with Crippen LogP contribution in [0.25, 0.3) is 0 Å². The van der Waals surface area contributed by atoms with Gasteiger partial charge in [-0.15, -0.1) is 0 Å². The molecule has 0 aliphatic heterocycles. The van der Waals surface area contributed by atoms with Crippen LogP contribution in [0.5, 0.6) is 0 Å². The first kappa shape index (κ1) is 10.5. The third-order valence-corrected chi connectivity index (χ3v) is 2.77. The summed E-state index contributed by atoms with van der Waals surface area (Å²) in [4.78, 5) is 11.3. The maximum Gasteiger partial charge on any atom is 0.357 e. The second kappa shape index (κ2) is 3.55. The van der Waals surface area contributed by atoms with Crippen LogP contribution in [0.2, 0.25) is 0 Å². The maximum atomic E-state index is 12.4. The van der Waals surface area contributed by atoms with E-state index in [2.05, 4.69) is 26.1 Å². The number of nitrogens with zero attached hydrogens (tertiary/aromatic N) is 1. The average Bonchev–Trinajstić information content (AvgIpc) is 2.58. The van der Waals surface area contributed by atoms with Gasteiger partial charge in [0.15, 0.2) is 5.69 Å². The Bertz CT molecular complexity index is 394. The normalized spacial score (nSPS) is 22.5. The molecule has 2 rings (SSSR count). The molecule has 4 nitrogen and oxygen atoms in total. The highest BCUT2D eigenvalue weighted by Crippen LogP contribution is 2.48. The molecule has 82 valence electrons. The number of nitrogens with one attached hydrogen (secondary N) is 1. The Labute approximate surface area is 92.1 Å². The van der Waals surface area contributed by atoms with Gasteiger partial charge >= 0.3 is 5.97 Å². The van der Waals surface area contributed by atoms with Crippen LogP contribution in [0.1, 0.15) is 16.9 Å². The number of alkyl halides is 2. The molecule has 1 heterocycles. The summed E-state index contributed by atoms with van der Waals surface area (Å²) in [6, 6.07) is 0. The molecule has 7 heteroatoms. The molecule has 0 bridgehead atoms. The van der Waals surface area contributed by atoms with Crippen LogP contribution in [0.3, 0.4) is 0 Å². The average molecular weight is 281 g/mol. The van der Waals surface area contributed by atoms with Crippen LogP contribution < -0.4 is 0 Å². The first-order chi connectivity index (χ1) is 7.00. The number of esters is 1. The number of ether oxygens (including phenoxy) is 1. The van der Waals surface area contributed by atoms with Crippen molar-refractivity contribution in [2.75, 3.05) is 6.61 Å². The van der Waals surface area contributed by atoms with Crippen molar-refractivity contribution in [2.24, 2.45) is 5.92 Å². The third kappa shape index (κ3) is 2.17. The Hall–Kier alpha value is -0.980. The van der Waals surface area contributed by atoms with Crippen LogP contribution in [0, 0.1) is 5.92 Å². The summed E-state index contributed by atoms with van der Waals surface area (Å²) < 4.78 is 30.1. The minimum Gasteiger partial charge on any atom is -0.460 e. The van der Waals surface area contributed by atoms with Crippen LogP contribution >= 0.6 is 15.9 Å². The summed E-state index contributed by atoms with van der Waals surface area (Å²) >= 11 is 3.07. The van der Waals surface area contributed by atoms with Crippen molar-refractivity contribution in [2.45, 2.75) is 12.3 Å². The molecule has 0 spiro atoms. The van der Waals surface area contributed by atoms with Crippen molar-refractivity contribution >= 4 is 21.9 Å². The number of hydrogen-bond acceptors (Lipinski definition) is 3. The van der Waals surface area contributed by atoms with Gasteiger partial charge < -0.3 is 4.74 Å². The van der Waals surface area contributed by atoms with Gasteiger partial charge in [0, 0.05) is 6.42 Å². The molecule has 0 saturated heterocycles. The van der Waals surface area contributed by atoms with E-state index in [4.69, 9.17) is 4.74 Å². The fourth-order valence-electron chi connectivity index (χ4n) is 1.11. The molecule has 1 aliphatic rings. The van der Waals surface area contributed by atoms with Gasteiger partial charge in [-0.3, -0.25) is 5.10 Å². The number of rotatable bonds is 3. The molecule has 1 saturated carbocycles. The SMILES string of the molecule is O=C(OCC1CC1(F)F)c1[nH]ncc1Br. The van der Waals surface area contributed by atoms with Gasteiger partial charge in [-0.1, -0.05) is 0 Å². The predicted octanol–water partition coefficient (Wildman–Crippen LogP) is 1.98. The minimum absolute atomic E-state index is 0.138. The Balaban J connectivity index is 1.86. The van der Waals surface area contributed by atoms with Crippen molar-refractivity contribution in [3.8, 4) is 0 Å². The van der Waals surface area contributed by atoms with E-state index in [0.29, 0.717) is 4.47 Å². The van der Waals surface area contributed by atoms with Crippen molar-refractivity contribution < 1.29 is 18.3 Å². The summed E-state index contributed by atoms with van der Waals surface area (Å²) in [7, 11) is 0. The number of H-pyrrole nitrogens is 1. The Morgan fingerprint density at radius 3 is 2.93 bits per heavy atom. The quantitative estimate of drug-likeness (QED) is 0.862. The summed E-state index contributed by atoms with van der Waals surface area (Å²) in [6.45, 7) is -0.253. The van der Waals surface area contributed by atoms with E-state index >= 15 is 0 Å². The highest BCUT2D eigenvalue weighted by atomic mass is 79.9. The standard InChI is InChI=1S/C8H7BrF2N2O2/c9-5-2-12-13-6(5)7(14)15-3-4-1-8(4,10)11/h2,4H,1,3H2,(H,12,13). The van der Waals surface area contributed by atoms with E-state index in [1.807, 2.05) is 0 Å². The lowest BCUT2D eigenvalue weighted by Crippen LogP contribution is -2.11. The molecule has 1 N–H and O–H groups in total. The van der Waals surface area contributed by atoms with Gasteiger partial charge in [0.1, 0.15) is 6.61 Å². The molecule has 0 amide bonds. The van der Waals surface area contributed by atoms with Gasteiger partial charge in [0.25, 0.3) is 5.92 Å². The monoisotopic (exact) mass is 280 g/mol. The largest absolute Gasteiger partial charge is 0.460 e. The third-order valence-electron chi connectivity index (χ3n) is 2.17. The molecule has 0 aromatic carbocycles. The predicted molar refractivity (Wildman–Crippen MR) is 49.6 cm³/mol. The van der Waals surface area contributed by atoms with Gasteiger partial charge in [-0.05, 0) is 15.9 Å². The second-order valence-electron chi connectivity index (χ2n) is 3.35. The minimum atomic E-state index is -2.66. The highest BCUT2D eigenvalue weighted by Gasteiger charge is 2.57. The van der Waals surface area contributed by atoms with Crippen LogP contribution in [0.4, 0.5) is 8.78 Å². The first-order valence-electron chi connectivity index (χ1n) is 4.24. The van der Waals surface area contributed by atoms with Crippen molar-refractivity contribution in [3.63, 3.8) is 0 Å². The van der Waals surface area contributed by atoms with E-state index in [1.54, 1.807) is 0 Å². The van der Waals surface area contributed by atoms with Crippen molar-refractivity contribution in [1.29, 1.82) is 0 Å². The summed E-state index contributed by atoms with van der Waals surface area (Å²) in [6.07, 6.45) is 1.19. The first-order valence-corrected chi connectivity index (χ1v) is 5.04. The van der Waals surface area contributed by atoms with E-state index in [1.165, 1.54) is 6.20 Å². The molecule has 1 aromatic heterocycles. The summed E-state index contributed by atoms with van der Waals surface area (Å²) in [5.74, 6) is -4.17. The number of aromatic nitrogens is 2. The van der Waals surface area contributed by atoms with E-state index < -0.39 is 17.8 Å². The molecule has 0 radical (unpaired) electrons. The van der Waals surface area contributed by atoms with Crippen molar-refractivity contribution in [3.05, 3.63) is 16.4 Å². The van der Waals surface area contributed by atoms with Gasteiger partial charge in [0.2, 0.25) is 0 Å². The second-order valence-corrected chi connectivity index (χ2v) is 4.21. The molecule has 1 fully saturated rings. The Morgan fingerprint density at radius 1 is 1.80 bits per heavy atom. The lowest BCUT2D eigenvalue weighted by molar-refractivity contribution is 0.0361. The molecule has 15 heavy (non-hydrogen) atoms. The van der Waals surface area contributed by atoms with Crippen LogP contribution in [0.15, 0.2) is 10.7 Å². The lowest BCUT2D eigenvalue weighted by Gasteiger charge is -2.02. The van der Waals surface area contributed by atoms with E-state index in [-0.39, 0.29) is 18.7 Å². The summed E-state index contributed by atoms with van der Waals surface area (Å²) in [5, 5.41) is 6.00. The molecule has 1 atom stereocenters. The van der Waals surface area contributed by atoms with Gasteiger partial charge in [-0.2, -0.15) is 5.10 Å². The summed E-state index contributed by atoms with van der Waals surface area (Å²) in [5.41, 5.74) is 0.138. The highest BCUT2D eigenvalue weighted by molar-refractivity contribution is 9.10. The fraction of sp³-hybridized carbons (Fsp3) is 0.500. The lowest BCUT2D eigenvalue weighted by atomic mass is 10.4. The zero-order valence-corrected chi connectivity index (χ0v) is 9.05. The number of carbonyl (C=O) groups excluding carboxylic acids is 1. The Kier molecular flexibility index (Phi) is 2.49. The Morgan fingerprint density at radius 2 is 2.47 bits per heavy atom.